The van der Waals surface area contributed by atoms with Crippen molar-refractivity contribution in [2.45, 2.75) is 40.0 Å². The highest BCUT2D eigenvalue weighted by Crippen LogP contribution is 2.31. The van der Waals surface area contributed by atoms with Gasteiger partial charge in [0.05, 0.1) is 11.4 Å². The predicted molar refractivity (Wildman–Crippen MR) is 75.6 cm³/mol. The Morgan fingerprint density at radius 3 is 2.17 bits per heavy atom. The predicted octanol–water partition coefficient (Wildman–Crippen LogP) is 4.06. The summed E-state index contributed by atoms with van der Waals surface area (Å²) in [5, 5.41) is 8.42. The van der Waals surface area contributed by atoms with Crippen LogP contribution in [0.5, 0.6) is 0 Å². The zero-order valence-corrected chi connectivity index (χ0v) is 11.8. The van der Waals surface area contributed by atoms with Gasteiger partial charge in [-0.2, -0.15) is 10.2 Å². The second-order valence-corrected chi connectivity index (χ2v) is 5.79. The minimum atomic E-state index is 0.151. The first-order valence-electron chi connectivity index (χ1n) is 6.30. The van der Waals surface area contributed by atoms with E-state index >= 15 is 0 Å². The van der Waals surface area contributed by atoms with Crippen LogP contribution in [0, 0.1) is 13.8 Å². The fourth-order valence-electron chi connectivity index (χ4n) is 2.27. The van der Waals surface area contributed by atoms with Crippen molar-refractivity contribution in [1.29, 1.82) is 0 Å². The van der Waals surface area contributed by atoms with E-state index in [-0.39, 0.29) is 5.41 Å². The minimum absolute atomic E-state index is 0.151. The molecular formula is C16H20N2. The molecular weight excluding hydrogens is 220 g/mol. The normalized spacial score (nSPS) is 11.6. The van der Waals surface area contributed by atoms with Gasteiger partial charge in [0.25, 0.3) is 0 Å². The van der Waals surface area contributed by atoms with Crippen LogP contribution in [-0.4, -0.2) is 10.2 Å². The molecule has 0 aliphatic heterocycles. The standard InChI is InChI=1S/C16H20N2/c1-11-9-10-15(18-17-11)13-7-6-8-14(12(13)2)16(3,4)5/h6-10H,1-5H3. The molecule has 2 heteroatoms. The third-order valence-electron chi connectivity index (χ3n) is 3.22. The average molecular weight is 240 g/mol. The molecule has 1 aromatic heterocycles. The van der Waals surface area contributed by atoms with Gasteiger partial charge in [-0.15, -0.1) is 0 Å². The molecule has 0 saturated carbocycles. The lowest BCUT2D eigenvalue weighted by Gasteiger charge is -2.23. The highest BCUT2D eigenvalue weighted by molar-refractivity contribution is 5.65. The summed E-state index contributed by atoms with van der Waals surface area (Å²) in [7, 11) is 0. The summed E-state index contributed by atoms with van der Waals surface area (Å²) in [6.07, 6.45) is 0. The van der Waals surface area contributed by atoms with Crippen LogP contribution in [0.1, 0.15) is 37.6 Å². The zero-order chi connectivity index (χ0) is 13.3. The van der Waals surface area contributed by atoms with E-state index in [1.165, 1.54) is 16.7 Å². The molecule has 0 unspecified atom stereocenters. The average Bonchev–Trinajstić information content (AvgIpc) is 2.29. The van der Waals surface area contributed by atoms with E-state index in [0.29, 0.717) is 0 Å². The molecule has 2 aromatic rings. The summed E-state index contributed by atoms with van der Waals surface area (Å²) >= 11 is 0. The van der Waals surface area contributed by atoms with Crippen LogP contribution >= 0.6 is 0 Å². The first kappa shape index (κ1) is 12.7. The van der Waals surface area contributed by atoms with Crippen molar-refractivity contribution in [2.75, 3.05) is 0 Å². The van der Waals surface area contributed by atoms with Crippen molar-refractivity contribution < 1.29 is 0 Å². The summed E-state index contributed by atoms with van der Waals surface area (Å²) in [4.78, 5) is 0. The van der Waals surface area contributed by atoms with Gasteiger partial charge in [0.2, 0.25) is 0 Å². The number of rotatable bonds is 1. The Labute approximate surface area is 109 Å². The summed E-state index contributed by atoms with van der Waals surface area (Å²) in [5.74, 6) is 0. The molecule has 0 amide bonds. The van der Waals surface area contributed by atoms with Crippen molar-refractivity contribution in [2.24, 2.45) is 0 Å². The van der Waals surface area contributed by atoms with Crippen LogP contribution in [0.4, 0.5) is 0 Å². The molecule has 0 bridgehead atoms. The monoisotopic (exact) mass is 240 g/mol. The molecule has 18 heavy (non-hydrogen) atoms. The quantitative estimate of drug-likeness (QED) is 0.751. The first-order chi connectivity index (χ1) is 8.39. The molecule has 1 aromatic carbocycles. The maximum Gasteiger partial charge on any atom is 0.0932 e. The maximum absolute atomic E-state index is 4.28. The van der Waals surface area contributed by atoms with Crippen molar-refractivity contribution in [1.82, 2.24) is 10.2 Å². The van der Waals surface area contributed by atoms with Crippen LogP contribution in [-0.2, 0) is 5.41 Å². The van der Waals surface area contributed by atoms with Gasteiger partial charge in [-0.05, 0) is 42.5 Å². The van der Waals surface area contributed by atoms with E-state index in [0.717, 1.165) is 11.4 Å². The first-order valence-corrected chi connectivity index (χ1v) is 6.30. The van der Waals surface area contributed by atoms with E-state index in [2.05, 4.69) is 56.1 Å². The van der Waals surface area contributed by atoms with Crippen LogP contribution in [0.2, 0.25) is 0 Å². The zero-order valence-electron chi connectivity index (χ0n) is 11.8. The summed E-state index contributed by atoms with van der Waals surface area (Å²) < 4.78 is 0. The number of hydrogen-bond donors (Lipinski definition) is 0. The highest BCUT2D eigenvalue weighted by Gasteiger charge is 2.18. The van der Waals surface area contributed by atoms with Crippen molar-refractivity contribution >= 4 is 0 Å². The lowest BCUT2D eigenvalue weighted by atomic mass is 9.82. The Bertz CT molecular complexity index is 548. The SMILES string of the molecule is Cc1ccc(-c2cccc(C(C)(C)C)c2C)nn1. The third kappa shape index (κ3) is 2.42. The van der Waals surface area contributed by atoms with E-state index < -0.39 is 0 Å². The fourth-order valence-corrected chi connectivity index (χ4v) is 2.27. The number of benzene rings is 1. The molecule has 2 rings (SSSR count). The van der Waals surface area contributed by atoms with Crippen molar-refractivity contribution in [3.8, 4) is 11.3 Å². The van der Waals surface area contributed by atoms with E-state index in [1.807, 2.05) is 19.1 Å². The van der Waals surface area contributed by atoms with Gasteiger partial charge in [0.1, 0.15) is 0 Å². The van der Waals surface area contributed by atoms with Gasteiger partial charge in [-0.1, -0.05) is 39.0 Å². The van der Waals surface area contributed by atoms with Crippen LogP contribution in [0.25, 0.3) is 11.3 Å². The van der Waals surface area contributed by atoms with Crippen LogP contribution in [0.15, 0.2) is 30.3 Å². The van der Waals surface area contributed by atoms with E-state index in [9.17, 15) is 0 Å². The van der Waals surface area contributed by atoms with Crippen molar-refractivity contribution in [3.63, 3.8) is 0 Å². The van der Waals surface area contributed by atoms with Crippen LogP contribution in [0.3, 0.4) is 0 Å². The van der Waals surface area contributed by atoms with E-state index in [1.54, 1.807) is 0 Å². The van der Waals surface area contributed by atoms with Gasteiger partial charge < -0.3 is 0 Å². The molecule has 0 N–H and O–H groups in total. The fraction of sp³-hybridized carbons (Fsp3) is 0.375. The molecule has 94 valence electrons. The number of nitrogens with zero attached hydrogens (tertiary/aromatic N) is 2. The highest BCUT2D eigenvalue weighted by atomic mass is 15.1. The largest absolute Gasteiger partial charge is 0.155 e. The molecule has 1 heterocycles. The lowest BCUT2D eigenvalue weighted by molar-refractivity contribution is 0.586. The van der Waals surface area contributed by atoms with Gasteiger partial charge >= 0.3 is 0 Å². The molecule has 0 fully saturated rings. The molecule has 0 aliphatic rings. The Balaban J connectivity index is 2.56. The second-order valence-electron chi connectivity index (χ2n) is 5.79. The minimum Gasteiger partial charge on any atom is -0.155 e. The van der Waals surface area contributed by atoms with Gasteiger partial charge in [-0.3, -0.25) is 0 Å². The summed E-state index contributed by atoms with van der Waals surface area (Å²) in [6, 6.07) is 10.5. The van der Waals surface area contributed by atoms with Gasteiger partial charge in [-0.25, -0.2) is 0 Å². The molecule has 0 spiro atoms. The smallest absolute Gasteiger partial charge is 0.0932 e. The topological polar surface area (TPSA) is 25.8 Å². The number of aromatic nitrogens is 2. The second kappa shape index (κ2) is 4.52. The van der Waals surface area contributed by atoms with Crippen LogP contribution < -0.4 is 0 Å². The number of hydrogen-bond acceptors (Lipinski definition) is 2. The Morgan fingerprint density at radius 2 is 1.61 bits per heavy atom. The molecule has 2 nitrogen and oxygen atoms in total. The van der Waals surface area contributed by atoms with Gasteiger partial charge in [0, 0.05) is 5.56 Å². The molecule has 0 saturated heterocycles. The summed E-state index contributed by atoms with van der Waals surface area (Å²) in [6.45, 7) is 10.8. The third-order valence-corrected chi connectivity index (χ3v) is 3.22. The Morgan fingerprint density at radius 1 is 0.889 bits per heavy atom. The Kier molecular flexibility index (Phi) is 3.20. The molecule has 0 radical (unpaired) electrons. The maximum atomic E-state index is 4.28. The summed E-state index contributed by atoms with van der Waals surface area (Å²) in [5.41, 5.74) is 5.88. The van der Waals surface area contributed by atoms with Crippen molar-refractivity contribution in [3.05, 3.63) is 47.2 Å². The lowest BCUT2D eigenvalue weighted by Crippen LogP contribution is -2.13. The molecule has 0 aliphatic carbocycles. The Hall–Kier alpha value is -1.70. The van der Waals surface area contributed by atoms with Gasteiger partial charge in [0.15, 0.2) is 0 Å². The van der Waals surface area contributed by atoms with E-state index in [4.69, 9.17) is 0 Å². The number of aryl methyl sites for hydroxylation is 1. The molecule has 0 atom stereocenters.